The van der Waals surface area contributed by atoms with Crippen molar-refractivity contribution in [2.75, 3.05) is 22.6 Å². The molecule has 0 spiro atoms. The minimum atomic E-state index is 0.415. The number of rotatable bonds is 4. The maximum absolute atomic E-state index is 6.32. The Morgan fingerprint density at radius 2 is 2.00 bits per heavy atom. The lowest BCUT2D eigenvalue weighted by Gasteiger charge is -2.22. The number of fused-ring (bicyclic) bond motifs is 1. The largest absolute Gasteiger partial charge is 0.394 e. The first kappa shape index (κ1) is 16.5. The van der Waals surface area contributed by atoms with Gasteiger partial charge in [0.1, 0.15) is 0 Å². The number of nitrogens with zero attached hydrogens (tertiary/aromatic N) is 5. The van der Waals surface area contributed by atoms with Crippen molar-refractivity contribution in [3.63, 3.8) is 0 Å². The van der Waals surface area contributed by atoms with Gasteiger partial charge in [0.2, 0.25) is 5.95 Å². The van der Waals surface area contributed by atoms with Crippen molar-refractivity contribution in [3.8, 4) is 0 Å². The molecule has 0 atom stereocenters. The molecule has 0 bridgehead atoms. The van der Waals surface area contributed by atoms with Gasteiger partial charge >= 0.3 is 0 Å². The fourth-order valence-electron chi connectivity index (χ4n) is 3.26. The number of nitrogen functional groups attached to an aromatic ring is 1. The average molecular weight is 350 g/mol. The van der Waals surface area contributed by atoms with Crippen LogP contribution in [-0.2, 0) is 0 Å². The zero-order valence-electron chi connectivity index (χ0n) is 14.5. The number of hydrogen-bond donors (Lipinski definition) is 3. The van der Waals surface area contributed by atoms with Crippen LogP contribution >= 0.6 is 0 Å². The smallest absolute Gasteiger partial charge is 0.225 e. The Labute approximate surface area is 151 Å². The maximum Gasteiger partial charge on any atom is 0.225 e. The summed E-state index contributed by atoms with van der Waals surface area (Å²) < 4.78 is 0. The third-order valence-corrected chi connectivity index (χ3v) is 4.68. The molecule has 2 aromatic rings. The number of nitrogens with one attached hydrogen (secondary N) is 1. The number of hydrogen-bond acceptors (Lipinski definition) is 8. The molecule has 1 saturated carbocycles. The number of aromatic nitrogens is 3. The van der Waals surface area contributed by atoms with E-state index in [4.69, 9.17) is 11.6 Å². The van der Waals surface area contributed by atoms with Gasteiger partial charge in [-0.1, -0.05) is 12.8 Å². The summed E-state index contributed by atoms with van der Waals surface area (Å²) in [5.41, 5.74) is 7.27. The Kier molecular flexibility index (Phi) is 4.49. The van der Waals surface area contributed by atoms with Crippen LogP contribution in [0.4, 0.5) is 17.5 Å². The Morgan fingerprint density at radius 3 is 2.85 bits per heavy atom. The number of hydrazine groups is 1. The van der Waals surface area contributed by atoms with Gasteiger partial charge in [0.05, 0.1) is 34.8 Å². The molecule has 134 valence electrons. The summed E-state index contributed by atoms with van der Waals surface area (Å²) in [7, 11) is 0. The van der Waals surface area contributed by atoms with Crippen LogP contribution in [0.1, 0.15) is 25.7 Å². The molecule has 2 aromatic heterocycles. The lowest BCUT2D eigenvalue weighted by atomic mass is 10.2. The van der Waals surface area contributed by atoms with Gasteiger partial charge in [0, 0.05) is 12.2 Å². The molecule has 0 saturated heterocycles. The molecule has 0 unspecified atom stereocenters. The Morgan fingerprint density at radius 1 is 1.15 bits per heavy atom. The van der Waals surface area contributed by atoms with E-state index in [0.717, 1.165) is 29.2 Å². The van der Waals surface area contributed by atoms with Crippen LogP contribution < -0.4 is 32.6 Å². The molecule has 1 fully saturated rings. The number of anilines is 3. The predicted molar refractivity (Wildman–Crippen MR) is 101 cm³/mol. The first-order valence-corrected chi connectivity index (χ1v) is 8.81. The quantitative estimate of drug-likeness (QED) is 0.542. The highest BCUT2D eigenvalue weighted by atomic mass is 15.4. The Balaban J connectivity index is 1.60. The number of pyridine rings is 1. The van der Waals surface area contributed by atoms with E-state index in [1.807, 2.05) is 24.3 Å². The normalized spacial score (nSPS) is 16.7. The van der Waals surface area contributed by atoms with Crippen LogP contribution in [0.15, 0.2) is 41.3 Å². The standard InChI is InChI=1S/C18H22N8/c19-14-11-23-18(24-12-4-1-2-5-12)25-17(14)26(20)13-7-8-16-15(22-10-13)6-3-9-21-16/h3,6-9,11-12H,1-2,4-5,10,19-20H2,(H,23,24,25). The van der Waals surface area contributed by atoms with Crippen molar-refractivity contribution in [2.45, 2.75) is 31.7 Å². The lowest BCUT2D eigenvalue weighted by Crippen LogP contribution is -2.33. The molecule has 26 heavy (non-hydrogen) atoms. The van der Waals surface area contributed by atoms with E-state index in [2.05, 4.69) is 25.3 Å². The minimum Gasteiger partial charge on any atom is -0.394 e. The topological polar surface area (TPSA) is 118 Å². The van der Waals surface area contributed by atoms with E-state index < -0.39 is 0 Å². The fourth-order valence-corrected chi connectivity index (χ4v) is 3.26. The number of allylic oxidation sites excluding steroid dienone is 1. The highest BCUT2D eigenvalue weighted by Gasteiger charge is 2.18. The zero-order valence-corrected chi connectivity index (χ0v) is 14.5. The first-order chi connectivity index (χ1) is 12.7. The predicted octanol–water partition coefficient (Wildman–Crippen LogP) is 0.486. The van der Waals surface area contributed by atoms with Crippen LogP contribution in [0.3, 0.4) is 0 Å². The van der Waals surface area contributed by atoms with Gasteiger partial charge in [0.25, 0.3) is 0 Å². The summed E-state index contributed by atoms with van der Waals surface area (Å²) in [6.45, 7) is 0.417. The second-order valence-electron chi connectivity index (χ2n) is 6.52. The van der Waals surface area contributed by atoms with E-state index >= 15 is 0 Å². The summed E-state index contributed by atoms with van der Waals surface area (Å²) in [5, 5.41) is 6.50. The van der Waals surface area contributed by atoms with Crippen LogP contribution in [0, 0.1) is 0 Å². The SMILES string of the molecule is Nc1cnc(NC2CCCC2)nc1N(N)C1=CC=c2ncccc2=NC1. The number of nitrogens with two attached hydrogens (primary N) is 2. The summed E-state index contributed by atoms with van der Waals surface area (Å²) in [6, 6.07) is 4.21. The van der Waals surface area contributed by atoms with Crippen molar-refractivity contribution in [1.82, 2.24) is 15.0 Å². The third kappa shape index (κ3) is 3.36. The van der Waals surface area contributed by atoms with E-state index in [1.165, 1.54) is 17.9 Å². The van der Waals surface area contributed by atoms with Gasteiger partial charge in [-0.3, -0.25) is 15.0 Å². The second-order valence-corrected chi connectivity index (χ2v) is 6.52. The Hall–Kier alpha value is -3.00. The molecule has 1 aliphatic heterocycles. The molecule has 8 heteroatoms. The molecule has 2 aliphatic rings. The molecule has 0 radical (unpaired) electrons. The Bertz CT molecular complexity index is 946. The van der Waals surface area contributed by atoms with Crippen molar-refractivity contribution in [1.29, 1.82) is 0 Å². The van der Waals surface area contributed by atoms with Gasteiger partial charge in [-0.25, -0.2) is 10.8 Å². The molecular weight excluding hydrogens is 328 g/mol. The summed E-state index contributed by atoms with van der Waals surface area (Å²) in [6.07, 6.45) is 11.9. The fraction of sp³-hybridized carbons (Fsp3) is 0.333. The van der Waals surface area contributed by atoms with Crippen LogP contribution in [0.2, 0.25) is 0 Å². The molecule has 0 amide bonds. The van der Waals surface area contributed by atoms with Crippen molar-refractivity contribution in [3.05, 3.63) is 47.0 Å². The van der Waals surface area contributed by atoms with Crippen molar-refractivity contribution in [2.24, 2.45) is 10.8 Å². The van der Waals surface area contributed by atoms with Gasteiger partial charge in [-0.15, -0.1) is 0 Å². The minimum absolute atomic E-state index is 0.415. The molecule has 4 rings (SSSR count). The molecule has 3 heterocycles. The average Bonchev–Trinajstić information content (AvgIpc) is 3.07. The first-order valence-electron chi connectivity index (χ1n) is 8.81. The molecular formula is C18H22N8. The summed E-state index contributed by atoms with van der Waals surface area (Å²) in [4.78, 5) is 17.7. The van der Waals surface area contributed by atoms with Gasteiger partial charge in [0.15, 0.2) is 5.82 Å². The van der Waals surface area contributed by atoms with E-state index in [9.17, 15) is 0 Å². The van der Waals surface area contributed by atoms with Crippen LogP contribution in [-0.4, -0.2) is 27.5 Å². The van der Waals surface area contributed by atoms with E-state index in [0.29, 0.717) is 30.0 Å². The monoisotopic (exact) mass is 350 g/mol. The molecule has 0 aromatic carbocycles. The summed E-state index contributed by atoms with van der Waals surface area (Å²) >= 11 is 0. The van der Waals surface area contributed by atoms with E-state index in [1.54, 1.807) is 12.4 Å². The van der Waals surface area contributed by atoms with E-state index in [-0.39, 0.29) is 0 Å². The zero-order chi connectivity index (χ0) is 17.9. The maximum atomic E-state index is 6.32. The van der Waals surface area contributed by atoms with Crippen molar-refractivity contribution >= 4 is 23.5 Å². The van der Waals surface area contributed by atoms with Crippen LogP contribution in [0.5, 0.6) is 0 Å². The van der Waals surface area contributed by atoms with Gasteiger partial charge < -0.3 is 11.1 Å². The highest BCUT2D eigenvalue weighted by molar-refractivity contribution is 5.66. The summed E-state index contributed by atoms with van der Waals surface area (Å²) in [5.74, 6) is 7.34. The van der Waals surface area contributed by atoms with Gasteiger partial charge in [-0.05, 0) is 37.1 Å². The van der Waals surface area contributed by atoms with Gasteiger partial charge in [-0.2, -0.15) is 4.98 Å². The van der Waals surface area contributed by atoms with Crippen molar-refractivity contribution < 1.29 is 0 Å². The molecule has 1 aliphatic carbocycles. The third-order valence-electron chi connectivity index (χ3n) is 4.68. The molecule has 8 nitrogen and oxygen atoms in total. The molecule has 5 N–H and O–H groups in total. The highest BCUT2D eigenvalue weighted by Crippen LogP contribution is 2.25. The van der Waals surface area contributed by atoms with Crippen LogP contribution in [0.25, 0.3) is 6.08 Å². The second kappa shape index (κ2) is 7.09. The lowest BCUT2D eigenvalue weighted by molar-refractivity contribution is 0.743.